The molecule has 116 heavy (non-hydrogen) atoms. The number of aromatic carboxylic acids is 2. The number of allylic oxidation sites excluding steroid dienone is 6. The van der Waals surface area contributed by atoms with Crippen molar-refractivity contribution in [3.8, 4) is 5.75 Å². The molecular formula is C84H91F4Ir5N12O11-5. The van der Waals surface area contributed by atoms with Gasteiger partial charge in [0.2, 0.25) is 0 Å². The number of hydrogen-bond acceptors (Lipinski definition) is 21. The van der Waals surface area contributed by atoms with Gasteiger partial charge in [-0.3, -0.25) is 31.9 Å². The Morgan fingerprint density at radius 3 is 1.03 bits per heavy atom. The number of carbonyl (C=O) groups is 5. The zero-order chi connectivity index (χ0) is 81.8. The van der Waals surface area contributed by atoms with Crippen molar-refractivity contribution in [2.45, 2.75) is 48.1 Å². The largest absolute Gasteiger partial charge is 0.540 e. The van der Waals surface area contributed by atoms with Gasteiger partial charge in [0, 0.05) is 261 Å². The number of ether oxygens (including phenoxy) is 1. The van der Waals surface area contributed by atoms with E-state index < -0.39 is 35.2 Å². The number of rotatable bonds is 13. The summed E-state index contributed by atoms with van der Waals surface area (Å²) in [6, 6.07) is 60.4. The Morgan fingerprint density at radius 1 is 0.414 bits per heavy atom. The van der Waals surface area contributed by atoms with Gasteiger partial charge in [-0.15, -0.1) is 126 Å². The fourth-order valence-electron chi connectivity index (χ4n) is 9.78. The molecule has 0 amide bonds. The first-order valence-corrected chi connectivity index (χ1v) is 34.5. The molecule has 7 heterocycles. The van der Waals surface area contributed by atoms with Crippen LogP contribution < -0.4 is 4.74 Å². The van der Waals surface area contributed by atoms with E-state index in [1.54, 1.807) is 31.4 Å². The van der Waals surface area contributed by atoms with E-state index in [1.165, 1.54) is 89.9 Å². The van der Waals surface area contributed by atoms with E-state index >= 15 is 0 Å². The molecule has 0 fully saturated rings. The number of nitrogens with zero attached hydrogens (tertiary/aromatic N) is 12. The summed E-state index contributed by atoms with van der Waals surface area (Å²) in [5.74, 6) is 0.441. The van der Waals surface area contributed by atoms with E-state index in [9.17, 15) is 41.5 Å². The van der Waals surface area contributed by atoms with Crippen molar-refractivity contribution in [2.24, 2.45) is 25.0 Å². The minimum Gasteiger partial charge on any atom is -0.540 e. The zero-order valence-corrected chi connectivity index (χ0v) is 77.4. The topological polar surface area (TPSA) is 300 Å². The minimum absolute atomic E-state index is 0. The number of pyridine rings is 2. The van der Waals surface area contributed by atoms with Gasteiger partial charge in [-0.05, 0) is 99.6 Å². The van der Waals surface area contributed by atoms with E-state index in [0.717, 1.165) is 123 Å². The number of aliphatic hydroxyl groups is 3. The van der Waals surface area contributed by atoms with Crippen LogP contribution in [0.3, 0.4) is 0 Å². The van der Waals surface area contributed by atoms with Crippen LogP contribution in [0.4, 0.5) is 17.6 Å². The molecule has 2 aromatic heterocycles. The fourth-order valence-corrected chi connectivity index (χ4v) is 9.78. The second-order valence-corrected chi connectivity index (χ2v) is 24.1. The molecule has 8 aromatic rings. The van der Waals surface area contributed by atoms with E-state index in [4.69, 9.17) is 30.3 Å². The Balaban J connectivity index is 0. The molecule has 13 rings (SSSR count). The number of carbonyl (C=O) groups excluding carboxylic acids is 3. The van der Waals surface area contributed by atoms with Crippen molar-refractivity contribution < 1.29 is 172 Å². The van der Waals surface area contributed by atoms with Gasteiger partial charge < -0.3 is 79.7 Å². The number of methoxy groups -OCH3 is 1. The molecule has 5 aliphatic heterocycles. The van der Waals surface area contributed by atoms with Crippen molar-refractivity contribution in [3.63, 3.8) is 0 Å². The molecule has 0 saturated heterocycles. The summed E-state index contributed by atoms with van der Waals surface area (Å²) < 4.78 is 56.9. The predicted octanol–water partition coefficient (Wildman–Crippen LogP) is 12.7. The summed E-state index contributed by atoms with van der Waals surface area (Å²) in [6.45, 7) is 18.0. The number of carboxylic acid groups (broad SMARTS) is 2. The summed E-state index contributed by atoms with van der Waals surface area (Å²) in [6.07, 6.45) is 6.40. The number of aliphatic hydroxyl groups excluding tert-OH is 3. The molecule has 23 nitrogen and oxygen atoms in total. The van der Waals surface area contributed by atoms with Gasteiger partial charge in [0.15, 0.2) is 17.3 Å². The Labute approximate surface area is 742 Å². The van der Waals surface area contributed by atoms with Crippen LogP contribution in [0.15, 0.2) is 231 Å². The van der Waals surface area contributed by atoms with Gasteiger partial charge in [0.25, 0.3) is 0 Å². The molecule has 0 atom stereocenters. The Hall–Kier alpha value is -9.69. The number of aromatic nitrogens is 2. The monoisotopic (exact) mass is 2480 g/mol. The molecule has 0 saturated carbocycles. The van der Waals surface area contributed by atoms with E-state index in [0.29, 0.717) is 24.8 Å². The van der Waals surface area contributed by atoms with Gasteiger partial charge in [-0.1, -0.05) is 65.7 Å². The third-order valence-corrected chi connectivity index (χ3v) is 14.7. The summed E-state index contributed by atoms with van der Waals surface area (Å²) in [5, 5.41) is 41.7. The number of likely N-dealkylation sites (N-methyl/N-ethyl adjacent to an activating group) is 4. The SMILES string of the molecule is CC(=O)C=C(C)O.CC(=O)C=C(C)O.CC(=O)C=C(C)O.CN1CCN=C1c1[c-]cc(F)cc1F.CN1CCN=C1c1[c-]cc(F)cc1F.CN1CCN=C1c1[c-]cccc1.COc1c[c-]c(C2=NCCN2C)cc1.O=C(O)c1ccccn1.O=C(O)c1ccccn1.[Ir].[Ir].[Ir].[Ir].[Ir].[c-]1ccccc1C1=NCCN1Cc1ccccc1. The molecule has 5 aliphatic rings. The third kappa shape index (κ3) is 42.3. The van der Waals surface area contributed by atoms with Crippen molar-refractivity contribution >= 4 is 58.5 Å². The van der Waals surface area contributed by atoms with Crippen LogP contribution in [-0.4, -0.2) is 219 Å². The summed E-state index contributed by atoms with van der Waals surface area (Å²) in [7, 11) is 9.41. The van der Waals surface area contributed by atoms with E-state index in [2.05, 4.69) is 117 Å². The number of halogens is 4. The second-order valence-electron chi connectivity index (χ2n) is 24.1. The first-order chi connectivity index (χ1) is 53.0. The minimum atomic E-state index is -0.990. The van der Waals surface area contributed by atoms with E-state index in [-0.39, 0.29) is 158 Å². The molecule has 0 bridgehead atoms. The maximum absolute atomic E-state index is 13.3. The van der Waals surface area contributed by atoms with Crippen LogP contribution in [-0.2, 0) is 121 Å². The summed E-state index contributed by atoms with van der Waals surface area (Å²) in [5.41, 5.74) is 5.19. The van der Waals surface area contributed by atoms with Gasteiger partial charge in [0.05, 0.1) is 24.4 Å². The Morgan fingerprint density at radius 2 is 0.759 bits per heavy atom. The molecule has 6 aromatic carbocycles. The number of hydrogen-bond donors (Lipinski definition) is 5. The first kappa shape index (κ1) is 108. The number of carboxylic acids is 2. The second kappa shape index (κ2) is 59.9. The molecule has 32 heteroatoms. The van der Waals surface area contributed by atoms with Crippen LogP contribution in [0.5, 0.6) is 5.75 Å². The summed E-state index contributed by atoms with van der Waals surface area (Å²) in [4.78, 5) is 89.4. The number of amidine groups is 5. The van der Waals surface area contributed by atoms with Gasteiger partial charge in [-0.25, -0.2) is 19.6 Å². The maximum Gasteiger partial charge on any atom is 0.354 e. The normalized spacial score (nSPS) is 13.1. The first-order valence-electron chi connectivity index (χ1n) is 34.5. The fraction of sp³-hybridized carbons (Fsp3) is 0.262. The van der Waals surface area contributed by atoms with Gasteiger partial charge in [-0.2, -0.15) is 0 Å². The molecule has 0 unspecified atom stereocenters. The molecule has 0 aliphatic carbocycles. The number of benzene rings is 6. The molecule has 0 spiro atoms. The van der Waals surface area contributed by atoms with E-state index in [1.807, 2.05) is 97.7 Å². The van der Waals surface area contributed by atoms with Crippen LogP contribution in [0.1, 0.15) is 95.9 Å². The van der Waals surface area contributed by atoms with Crippen molar-refractivity contribution in [3.05, 3.63) is 304 Å². The molecule has 5 N–H and O–H groups in total. The van der Waals surface area contributed by atoms with Crippen molar-refractivity contribution in [1.82, 2.24) is 34.5 Å². The number of aliphatic imine (C=N–C) groups is 5. The van der Waals surface area contributed by atoms with Crippen molar-refractivity contribution in [1.29, 1.82) is 0 Å². The quantitative estimate of drug-likeness (QED) is 0.0310. The maximum atomic E-state index is 13.3. The molecule has 5 radical (unpaired) electrons. The predicted molar refractivity (Wildman–Crippen MR) is 421 cm³/mol. The van der Waals surface area contributed by atoms with Crippen LogP contribution in [0.2, 0.25) is 0 Å². The van der Waals surface area contributed by atoms with Gasteiger partial charge in [0.1, 0.15) is 11.4 Å². The average Bonchev–Trinajstić information content (AvgIpc) is 1.62. The standard InChI is InChI=1S/C16H15N2.C11H13N2O.2C10H9F2N2.C10H11N2.2C6H5NO2.3C5H8O2.5Ir/c1-3-7-14(8-4-1)13-18-12-11-17-16(18)15-9-5-2-6-10-15;1-13-8-7-12-11(13)9-3-5-10(14-2)6-4-9;2*1-14-5-4-13-10(14)8-3-2-7(11)6-9(8)12;1-12-8-7-11-10(12)9-5-3-2-4-6-9;2*8-6(9)5-3-1-2-4-7-5;3*1-4(6)3-5(2)7;;;;;/h1-9H,11-13H2;3,5-6H,7-8H2,1-2H3;2*2,6H,4-5H2,1H3;2-5H,7-8H2,1H3;2*1-4H,(H,8,9);3*3,6H,1-2H3;;;;;/q5*-1;;;;;;;;;;. The van der Waals surface area contributed by atoms with Crippen molar-refractivity contribution in [2.75, 3.05) is 101 Å². The van der Waals surface area contributed by atoms with Crippen LogP contribution in [0, 0.1) is 53.6 Å². The van der Waals surface area contributed by atoms with Gasteiger partial charge >= 0.3 is 11.9 Å². The third-order valence-electron chi connectivity index (χ3n) is 14.7. The zero-order valence-electron chi connectivity index (χ0n) is 65.4. The van der Waals surface area contributed by atoms with Crippen LogP contribution in [0.25, 0.3) is 0 Å². The summed E-state index contributed by atoms with van der Waals surface area (Å²) >= 11 is 0. The Kier molecular flexibility index (Phi) is 55.9. The van der Waals surface area contributed by atoms with Crippen LogP contribution >= 0.6 is 0 Å². The molecular weight excluding hydrogens is 2390 g/mol. The molecule has 631 valence electrons. The average molecular weight is 2480 g/mol. The smallest absolute Gasteiger partial charge is 0.354 e. The number of ketones is 3. The Bertz CT molecular complexity index is 4340.